The second kappa shape index (κ2) is 7.70. The van der Waals surface area contributed by atoms with Gasteiger partial charge >= 0.3 is 0 Å². The summed E-state index contributed by atoms with van der Waals surface area (Å²) < 4.78 is 14.2. The fourth-order valence-corrected chi connectivity index (χ4v) is 5.91. The number of piperazine rings is 1. The molecule has 1 saturated heterocycles. The maximum absolute atomic E-state index is 14.2. The Bertz CT molecular complexity index is 1150. The summed E-state index contributed by atoms with van der Waals surface area (Å²) in [6, 6.07) is 5.08. The Morgan fingerprint density at radius 2 is 1.94 bits per heavy atom. The van der Waals surface area contributed by atoms with E-state index in [1.54, 1.807) is 12.1 Å². The van der Waals surface area contributed by atoms with Crippen molar-refractivity contribution in [1.29, 1.82) is 0 Å². The van der Waals surface area contributed by atoms with Gasteiger partial charge in [-0.1, -0.05) is 17.7 Å². The topological polar surface area (TPSA) is 52.2 Å². The molecule has 1 aliphatic heterocycles. The van der Waals surface area contributed by atoms with Gasteiger partial charge in [-0.05, 0) is 74.1 Å². The molecule has 0 unspecified atom stereocenters. The Balaban J connectivity index is 1.15. The number of nitrogens with one attached hydrogen (secondary N) is 1. The van der Waals surface area contributed by atoms with Crippen LogP contribution in [-0.4, -0.2) is 47.1 Å². The predicted molar refractivity (Wildman–Crippen MR) is 125 cm³/mol. The van der Waals surface area contributed by atoms with Crippen molar-refractivity contribution < 1.29 is 4.39 Å². The van der Waals surface area contributed by atoms with E-state index in [4.69, 9.17) is 16.6 Å². The van der Waals surface area contributed by atoms with Crippen LogP contribution in [0.15, 0.2) is 29.1 Å². The molecule has 1 aromatic heterocycles. The van der Waals surface area contributed by atoms with Gasteiger partial charge in [0.05, 0.1) is 11.4 Å². The van der Waals surface area contributed by atoms with Gasteiger partial charge in [-0.25, -0.2) is 9.37 Å². The minimum absolute atomic E-state index is 0.0671. The molecule has 6 rings (SSSR count). The largest absolute Gasteiger partial charge is 0.367 e. The van der Waals surface area contributed by atoms with E-state index in [0.29, 0.717) is 22.2 Å². The number of rotatable bonds is 3. The number of hydrogen-bond donors (Lipinski definition) is 1. The van der Waals surface area contributed by atoms with Crippen molar-refractivity contribution in [2.75, 3.05) is 31.1 Å². The van der Waals surface area contributed by atoms with E-state index >= 15 is 0 Å². The van der Waals surface area contributed by atoms with Gasteiger partial charge in [-0.15, -0.1) is 0 Å². The highest BCUT2D eigenvalue weighted by atomic mass is 35.5. The Kier molecular flexibility index (Phi) is 4.92. The number of H-pyrrole nitrogens is 1. The second-order valence-electron chi connectivity index (χ2n) is 9.93. The Morgan fingerprint density at radius 3 is 2.72 bits per heavy atom. The summed E-state index contributed by atoms with van der Waals surface area (Å²) >= 11 is 6.07. The van der Waals surface area contributed by atoms with Crippen molar-refractivity contribution in [3.05, 3.63) is 62.6 Å². The van der Waals surface area contributed by atoms with Gasteiger partial charge in [0.2, 0.25) is 0 Å². The standard InChI is InChI=1S/C25H28ClFN4O/c26-17-2-4-20(27)22(14-17)31-11-9-30(10-12-31)18-3-1-16(13-18)23-28-21-5-6-25(7-8-25)15-19(21)24(32)29-23/h2,4,13-14,18H,1,3,5-12,15H2,(H,28,29,32)/t18-/m1/s1. The number of nitrogens with zero attached hydrogens (tertiary/aromatic N) is 3. The molecule has 168 valence electrons. The fraction of sp³-hybridized carbons (Fsp3) is 0.520. The smallest absolute Gasteiger partial charge is 0.254 e. The number of allylic oxidation sites excluding steroid dienone is 1. The third-order valence-corrected chi connectivity index (χ3v) is 8.18. The number of hydrogen-bond acceptors (Lipinski definition) is 4. The van der Waals surface area contributed by atoms with Crippen LogP contribution in [0, 0.1) is 11.2 Å². The molecular weight excluding hydrogens is 427 g/mol. The highest BCUT2D eigenvalue weighted by Crippen LogP contribution is 2.53. The summed E-state index contributed by atoms with van der Waals surface area (Å²) in [7, 11) is 0. The SMILES string of the molecule is O=c1[nH]c(C2=C[C@H](N3CCN(c4cc(Cl)ccc4F)CC3)CC2)nc2c1CC1(CC2)CC1. The average molecular weight is 455 g/mol. The molecule has 1 aromatic carbocycles. The molecule has 0 bridgehead atoms. The van der Waals surface area contributed by atoms with Crippen molar-refractivity contribution in [1.82, 2.24) is 14.9 Å². The molecule has 1 atom stereocenters. The van der Waals surface area contributed by atoms with Gasteiger partial charge in [0.15, 0.2) is 0 Å². The molecule has 7 heteroatoms. The van der Waals surface area contributed by atoms with Gasteiger partial charge in [-0.3, -0.25) is 9.69 Å². The van der Waals surface area contributed by atoms with Crippen LogP contribution < -0.4 is 10.5 Å². The first-order chi connectivity index (χ1) is 15.5. The normalized spacial score (nSPS) is 24.5. The maximum atomic E-state index is 14.2. The molecule has 0 amide bonds. The average Bonchev–Trinajstić information content (AvgIpc) is 3.36. The van der Waals surface area contributed by atoms with E-state index in [2.05, 4.69) is 20.9 Å². The first-order valence-electron chi connectivity index (χ1n) is 11.8. The summed E-state index contributed by atoms with van der Waals surface area (Å²) in [6.07, 6.45) is 9.79. The number of aryl methyl sites for hydroxylation is 1. The predicted octanol–water partition coefficient (Wildman–Crippen LogP) is 4.20. The molecule has 0 radical (unpaired) electrons. The zero-order valence-electron chi connectivity index (χ0n) is 18.2. The number of fused-ring (bicyclic) bond motifs is 1. The van der Waals surface area contributed by atoms with Crippen molar-refractivity contribution in [2.24, 2.45) is 5.41 Å². The quantitative estimate of drug-likeness (QED) is 0.755. The Morgan fingerprint density at radius 1 is 1.12 bits per heavy atom. The molecule has 32 heavy (non-hydrogen) atoms. The lowest BCUT2D eigenvalue weighted by Crippen LogP contribution is -2.49. The summed E-state index contributed by atoms with van der Waals surface area (Å²) in [6.45, 7) is 3.28. The molecule has 2 aromatic rings. The first-order valence-corrected chi connectivity index (χ1v) is 12.1. The van der Waals surface area contributed by atoms with Crippen LogP contribution in [0.25, 0.3) is 5.57 Å². The van der Waals surface area contributed by atoms with Gasteiger partial charge in [-0.2, -0.15) is 0 Å². The summed E-state index contributed by atoms with van der Waals surface area (Å²) in [5.74, 6) is 0.545. The van der Waals surface area contributed by atoms with Crippen molar-refractivity contribution in [2.45, 2.75) is 51.0 Å². The van der Waals surface area contributed by atoms with Gasteiger partial charge in [0.25, 0.3) is 5.56 Å². The van der Waals surface area contributed by atoms with Crippen LogP contribution in [0.1, 0.15) is 49.2 Å². The van der Waals surface area contributed by atoms with E-state index in [9.17, 15) is 9.18 Å². The zero-order valence-corrected chi connectivity index (χ0v) is 18.9. The monoisotopic (exact) mass is 454 g/mol. The van der Waals surface area contributed by atoms with Crippen LogP contribution in [-0.2, 0) is 12.8 Å². The van der Waals surface area contributed by atoms with E-state index in [0.717, 1.165) is 74.5 Å². The second-order valence-corrected chi connectivity index (χ2v) is 10.4. The van der Waals surface area contributed by atoms with Gasteiger partial charge in [0, 0.05) is 42.8 Å². The van der Waals surface area contributed by atoms with Crippen LogP contribution in [0.3, 0.4) is 0 Å². The minimum Gasteiger partial charge on any atom is -0.367 e. The third kappa shape index (κ3) is 3.67. The maximum Gasteiger partial charge on any atom is 0.254 e. The lowest BCUT2D eigenvalue weighted by atomic mass is 9.84. The highest BCUT2D eigenvalue weighted by Gasteiger charge is 2.45. The van der Waals surface area contributed by atoms with Crippen molar-refractivity contribution in [3.8, 4) is 0 Å². The molecule has 5 nitrogen and oxygen atoms in total. The highest BCUT2D eigenvalue weighted by molar-refractivity contribution is 6.30. The molecule has 4 aliphatic rings. The van der Waals surface area contributed by atoms with Crippen molar-refractivity contribution in [3.63, 3.8) is 0 Å². The van der Waals surface area contributed by atoms with E-state index in [1.165, 1.54) is 25.3 Å². The summed E-state index contributed by atoms with van der Waals surface area (Å²) in [5.41, 5.74) is 4.17. The summed E-state index contributed by atoms with van der Waals surface area (Å²) in [4.78, 5) is 25.3. The molecule has 1 saturated carbocycles. The Labute approximate surface area is 192 Å². The number of aromatic amines is 1. The molecule has 2 heterocycles. The van der Waals surface area contributed by atoms with Crippen LogP contribution >= 0.6 is 11.6 Å². The van der Waals surface area contributed by atoms with Crippen LogP contribution in [0.2, 0.25) is 5.02 Å². The van der Waals surface area contributed by atoms with Gasteiger partial charge in [0.1, 0.15) is 11.6 Å². The number of aromatic nitrogens is 2. The molecule has 3 aliphatic carbocycles. The summed E-state index contributed by atoms with van der Waals surface area (Å²) in [5, 5.41) is 0.561. The van der Waals surface area contributed by atoms with Crippen molar-refractivity contribution >= 4 is 22.9 Å². The van der Waals surface area contributed by atoms with E-state index in [-0.39, 0.29) is 11.4 Å². The molecule has 1 spiro atoms. The minimum atomic E-state index is -0.221. The zero-order chi connectivity index (χ0) is 21.9. The van der Waals surface area contributed by atoms with Crippen LogP contribution in [0.5, 0.6) is 0 Å². The third-order valence-electron chi connectivity index (χ3n) is 7.94. The molecule has 2 fully saturated rings. The van der Waals surface area contributed by atoms with Crippen LogP contribution in [0.4, 0.5) is 10.1 Å². The lowest BCUT2D eigenvalue weighted by molar-refractivity contribution is 0.214. The molecule has 1 N–H and O–H groups in total. The number of benzene rings is 1. The van der Waals surface area contributed by atoms with E-state index in [1.807, 2.05) is 0 Å². The molecular formula is C25H28ClFN4O. The van der Waals surface area contributed by atoms with E-state index < -0.39 is 0 Å². The Hall–Kier alpha value is -2.18. The fourth-order valence-electron chi connectivity index (χ4n) is 5.75. The van der Waals surface area contributed by atoms with Gasteiger partial charge < -0.3 is 9.88 Å². The lowest BCUT2D eigenvalue weighted by Gasteiger charge is -2.38. The number of halogens is 2. The number of anilines is 1. The first kappa shape index (κ1) is 20.4.